The van der Waals surface area contributed by atoms with Crippen LogP contribution < -0.4 is 21.4 Å². The van der Waals surface area contributed by atoms with Crippen molar-refractivity contribution >= 4 is 35.1 Å². The molecule has 0 aliphatic heterocycles. The number of guanidine groups is 1. The highest BCUT2D eigenvalue weighted by Crippen LogP contribution is 2.33. The third-order valence-electron chi connectivity index (χ3n) is 6.99. The molecule has 0 bridgehead atoms. The first-order valence-corrected chi connectivity index (χ1v) is 13.2. The van der Waals surface area contributed by atoms with Crippen molar-refractivity contribution in [3.05, 3.63) is 95.1 Å². The van der Waals surface area contributed by atoms with Crippen LogP contribution in [0.5, 0.6) is 0 Å². The van der Waals surface area contributed by atoms with Crippen molar-refractivity contribution in [1.29, 1.82) is 5.41 Å². The maximum Gasteiger partial charge on any atom is 0.326 e. The lowest BCUT2D eigenvalue weighted by Gasteiger charge is -2.26. The van der Waals surface area contributed by atoms with Gasteiger partial charge in [-0.05, 0) is 73.2 Å². The second-order valence-corrected chi connectivity index (χ2v) is 9.79. The predicted octanol–water partition coefficient (Wildman–Crippen LogP) is 6.17. The van der Waals surface area contributed by atoms with E-state index in [1.807, 2.05) is 12.1 Å². The molecule has 0 aromatic heterocycles. The zero-order valence-corrected chi connectivity index (χ0v) is 22.4. The first-order chi connectivity index (χ1) is 19.3. The highest BCUT2D eigenvalue weighted by molar-refractivity contribution is 6.05. The van der Waals surface area contributed by atoms with Crippen LogP contribution in [0.4, 0.5) is 16.2 Å². The van der Waals surface area contributed by atoms with Crippen molar-refractivity contribution in [3.8, 4) is 0 Å². The monoisotopic (exact) mass is 539 g/mol. The number of carbonyl (C=O) groups excluding carboxylic acids is 3. The number of nitrogens with one attached hydrogen (secondary N) is 3. The van der Waals surface area contributed by atoms with Crippen LogP contribution in [0.25, 0.3) is 0 Å². The molecule has 1 aliphatic rings. The number of hydrogen-bond donors (Lipinski definition) is 4. The molecule has 1 aliphatic carbocycles. The Labute approximate surface area is 233 Å². The van der Waals surface area contributed by atoms with Crippen LogP contribution in [0.15, 0.2) is 83.1 Å². The minimum Gasteiger partial charge on any atom is -0.308 e. The van der Waals surface area contributed by atoms with Crippen molar-refractivity contribution in [1.82, 2.24) is 5.32 Å². The molecule has 0 unspecified atom stereocenters. The van der Waals surface area contributed by atoms with E-state index in [1.165, 1.54) is 44.6 Å². The van der Waals surface area contributed by atoms with Gasteiger partial charge < -0.3 is 11.2 Å². The zero-order valence-electron chi connectivity index (χ0n) is 22.4. The number of nitrogens with zero attached hydrogens (tertiary/aromatic N) is 3. The van der Waals surface area contributed by atoms with Crippen LogP contribution >= 0.6 is 0 Å². The van der Waals surface area contributed by atoms with E-state index in [4.69, 9.17) is 11.3 Å². The van der Waals surface area contributed by atoms with Crippen molar-refractivity contribution < 1.29 is 14.4 Å². The minimum absolute atomic E-state index is 0.0865. The highest BCUT2D eigenvalue weighted by atomic mass is 16.2. The Morgan fingerprint density at radius 1 is 0.950 bits per heavy atom. The maximum absolute atomic E-state index is 13.6. The molecule has 0 radical (unpaired) electrons. The van der Waals surface area contributed by atoms with Gasteiger partial charge in [0.1, 0.15) is 0 Å². The Hall–Kier alpha value is -4.86. The molecular formula is C30H33N7O3. The van der Waals surface area contributed by atoms with Crippen LogP contribution in [0.2, 0.25) is 0 Å². The first-order valence-electron chi connectivity index (χ1n) is 13.2. The fraction of sp³-hybridized carbons (Fsp3) is 0.267. The summed E-state index contributed by atoms with van der Waals surface area (Å²) in [6.45, 7) is 1.72. The summed E-state index contributed by atoms with van der Waals surface area (Å²) < 4.78 is 0. The van der Waals surface area contributed by atoms with E-state index >= 15 is 0 Å². The van der Waals surface area contributed by atoms with Gasteiger partial charge in [0.15, 0.2) is 5.78 Å². The lowest BCUT2D eigenvalue weighted by molar-refractivity contribution is 0.0974. The average Bonchev–Trinajstić information content (AvgIpc) is 2.97. The van der Waals surface area contributed by atoms with E-state index in [-0.39, 0.29) is 18.4 Å². The van der Waals surface area contributed by atoms with Gasteiger partial charge in [-0.15, -0.1) is 0 Å². The third kappa shape index (κ3) is 7.37. The van der Waals surface area contributed by atoms with Crippen molar-refractivity contribution in [2.24, 2.45) is 16.2 Å². The highest BCUT2D eigenvalue weighted by Gasteiger charge is 2.20. The molecule has 4 rings (SSSR count). The lowest BCUT2D eigenvalue weighted by Crippen LogP contribution is -2.34. The van der Waals surface area contributed by atoms with Gasteiger partial charge in [0, 0.05) is 22.5 Å². The Morgan fingerprint density at radius 3 is 2.30 bits per heavy atom. The molecule has 3 aromatic carbocycles. The second-order valence-electron chi connectivity index (χ2n) is 9.79. The van der Waals surface area contributed by atoms with Gasteiger partial charge in [0.25, 0.3) is 5.91 Å². The molecule has 3 aromatic rings. The number of Topliss-reactive ketones (excluding diaryl/α,β-unsaturated/α-hetero) is 1. The number of nitrogens with two attached hydrogens (primary N) is 1. The molecule has 206 valence electrons. The Bertz CT molecular complexity index is 1400. The summed E-state index contributed by atoms with van der Waals surface area (Å²) in [6.07, 6.45) is 6.14. The summed E-state index contributed by atoms with van der Waals surface area (Å²) in [5.74, 6) is 4.38. The topological polar surface area (TPSA) is 153 Å². The Kier molecular flexibility index (Phi) is 9.35. The number of amides is 3. The summed E-state index contributed by atoms with van der Waals surface area (Å²) in [4.78, 5) is 39.4. The molecule has 1 fully saturated rings. The van der Waals surface area contributed by atoms with Gasteiger partial charge in [0.05, 0.1) is 6.54 Å². The van der Waals surface area contributed by atoms with Gasteiger partial charge >= 0.3 is 6.03 Å². The smallest absolute Gasteiger partial charge is 0.308 e. The molecule has 5 N–H and O–H groups in total. The van der Waals surface area contributed by atoms with E-state index < -0.39 is 11.9 Å². The number of ketones is 1. The third-order valence-corrected chi connectivity index (χ3v) is 6.99. The normalized spacial score (nSPS) is 13.5. The molecule has 0 heterocycles. The van der Waals surface area contributed by atoms with E-state index in [0.717, 1.165) is 11.3 Å². The standard InChI is InChI=1S/C30H33N7O3/c1-20(38)25-8-5-9-26(18-25)33-30(40)37(27-16-14-23(15-17-27)22-6-3-2-4-7-22)19-21-10-12-24(13-11-21)28(39)34-29(31)35-36-32/h5,8-18,22H,2-4,6-7,19H2,1H3,(H,33,40)(H4,31,32,34,35,39). The summed E-state index contributed by atoms with van der Waals surface area (Å²) in [7, 11) is 0. The van der Waals surface area contributed by atoms with Crippen molar-refractivity contribution in [3.63, 3.8) is 0 Å². The zero-order chi connectivity index (χ0) is 28.5. The minimum atomic E-state index is -0.526. The van der Waals surface area contributed by atoms with E-state index in [1.54, 1.807) is 53.4 Å². The van der Waals surface area contributed by atoms with Crippen LogP contribution in [0.3, 0.4) is 0 Å². The van der Waals surface area contributed by atoms with E-state index in [0.29, 0.717) is 22.7 Å². The molecule has 0 atom stereocenters. The van der Waals surface area contributed by atoms with Crippen LogP contribution in [0.1, 0.15) is 76.8 Å². The van der Waals surface area contributed by atoms with Crippen LogP contribution in [-0.2, 0) is 6.54 Å². The molecule has 3 amide bonds. The summed E-state index contributed by atoms with van der Waals surface area (Å²) in [5, 5.41) is 19.0. The number of carbonyl (C=O) groups is 3. The van der Waals surface area contributed by atoms with Gasteiger partial charge in [-0.3, -0.25) is 25.2 Å². The molecular weight excluding hydrogens is 506 g/mol. The molecule has 0 saturated heterocycles. The first kappa shape index (κ1) is 28.2. The van der Waals surface area contributed by atoms with Crippen molar-refractivity contribution in [2.45, 2.75) is 51.5 Å². The fourth-order valence-corrected chi connectivity index (χ4v) is 4.86. The largest absolute Gasteiger partial charge is 0.326 e. The summed E-state index contributed by atoms with van der Waals surface area (Å²) >= 11 is 0. The van der Waals surface area contributed by atoms with Gasteiger partial charge in [-0.1, -0.05) is 66.0 Å². The predicted molar refractivity (Wildman–Crippen MR) is 155 cm³/mol. The van der Waals surface area contributed by atoms with E-state index in [9.17, 15) is 14.4 Å². The molecule has 1 saturated carbocycles. The summed E-state index contributed by atoms with van der Waals surface area (Å²) in [6, 6.07) is 21.3. The van der Waals surface area contributed by atoms with Gasteiger partial charge in [0.2, 0.25) is 5.96 Å². The van der Waals surface area contributed by atoms with Gasteiger partial charge in [-0.2, -0.15) is 0 Å². The number of rotatable bonds is 7. The van der Waals surface area contributed by atoms with Crippen LogP contribution in [0, 0.1) is 5.41 Å². The fourth-order valence-electron chi connectivity index (χ4n) is 4.86. The van der Waals surface area contributed by atoms with Gasteiger partial charge in [-0.25, -0.2) is 4.79 Å². The SMILES string of the molecule is CC(=O)c1cccc(NC(=O)N(Cc2ccc(C(=O)NC(=N)N=NN)cc2)c2ccc(C3CCCCC3)cc2)c1. The van der Waals surface area contributed by atoms with E-state index in [2.05, 4.69) is 33.1 Å². The van der Waals surface area contributed by atoms with Crippen LogP contribution in [-0.4, -0.2) is 23.7 Å². The number of urea groups is 1. The average molecular weight is 540 g/mol. The molecule has 40 heavy (non-hydrogen) atoms. The molecule has 10 nitrogen and oxygen atoms in total. The maximum atomic E-state index is 13.6. The summed E-state index contributed by atoms with van der Waals surface area (Å²) in [5.41, 5.74) is 4.14. The second kappa shape index (κ2) is 13.3. The number of anilines is 2. The Balaban J connectivity index is 1.56. The molecule has 10 heteroatoms. The van der Waals surface area contributed by atoms with Crippen molar-refractivity contribution in [2.75, 3.05) is 10.2 Å². The number of benzene rings is 3. The lowest BCUT2D eigenvalue weighted by atomic mass is 9.84. The Morgan fingerprint density at radius 2 is 1.65 bits per heavy atom. The quantitative estimate of drug-likeness (QED) is 0.0708. The molecule has 0 spiro atoms. The number of hydrogen-bond acceptors (Lipinski definition) is 5.